The molecule has 0 atom stereocenters. The molecule has 3 nitrogen and oxygen atoms in total. The van der Waals surface area contributed by atoms with Crippen LogP contribution in [0.4, 0.5) is 0 Å². The maximum atomic E-state index is 5.12. The maximum Gasteiger partial charge on any atom is 0.167 e. The van der Waals surface area contributed by atoms with Gasteiger partial charge in [-0.3, -0.25) is 0 Å². The van der Waals surface area contributed by atoms with Crippen LogP contribution < -0.4 is 4.74 Å². The molecule has 2 aromatic rings. The van der Waals surface area contributed by atoms with Gasteiger partial charge in [-0.2, -0.15) is 0 Å². The van der Waals surface area contributed by atoms with Gasteiger partial charge in [0.05, 0.1) is 13.3 Å². The fourth-order valence-corrected chi connectivity index (χ4v) is 1.39. The third-order valence-corrected chi connectivity index (χ3v) is 2.14. The number of hydrogen-bond acceptors (Lipinski definition) is 3. The summed E-state index contributed by atoms with van der Waals surface area (Å²) in [6, 6.07) is 7.69. The highest BCUT2D eigenvalue weighted by atomic mass is 16.5. The van der Waals surface area contributed by atoms with Crippen LogP contribution in [0.5, 0.6) is 5.75 Å². The second-order valence-corrected chi connectivity index (χ2v) is 3.06. The van der Waals surface area contributed by atoms with E-state index in [1.54, 1.807) is 13.3 Å². The molecule has 0 N–H and O–H groups in total. The van der Waals surface area contributed by atoms with E-state index in [0.29, 0.717) is 0 Å². The van der Waals surface area contributed by atoms with Crippen LogP contribution in [0.25, 0.3) is 11.3 Å². The summed E-state index contributed by atoms with van der Waals surface area (Å²) in [6.45, 7) is 2.01. The van der Waals surface area contributed by atoms with Crippen molar-refractivity contribution in [2.75, 3.05) is 7.11 Å². The van der Waals surface area contributed by atoms with Crippen LogP contribution in [-0.4, -0.2) is 12.3 Å². The van der Waals surface area contributed by atoms with Crippen LogP contribution in [0, 0.1) is 6.92 Å². The van der Waals surface area contributed by atoms with Crippen molar-refractivity contribution in [2.24, 2.45) is 0 Å². The fourth-order valence-electron chi connectivity index (χ4n) is 1.39. The first-order chi connectivity index (χ1) is 6.81. The molecule has 1 aromatic heterocycles. The summed E-state index contributed by atoms with van der Waals surface area (Å²) in [7, 11) is 1.66. The summed E-state index contributed by atoms with van der Waals surface area (Å²) >= 11 is 0. The van der Waals surface area contributed by atoms with Crippen molar-refractivity contribution < 1.29 is 9.26 Å². The van der Waals surface area contributed by atoms with Crippen molar-refractivity contribution in [1.82, 2.24) is 5.16 Å². The molecule has 0 aliphatic heterocycles. The Morgan fingerprint density at radius 3 is 2.71 bits per heavy atom. The van der Waals surface area contributed by atoms with Crippen molar-refractivity contribution in [2.45, 2.75) is 6.92 Å². The predicted molar refractivity (Wildman–Crippen MR) is 53.2 cm³/mol. The lowest BCUT2D eigenvalue weighted by Crippen LogP contribution is -1.86. The number of hydrogen-bond donors (Lipinski definition) is 0. The standard InChI is InChI=1S/C11H11NO2/c1-8-7-9(13-2)3-4-10(8)11-5-6-12-14-11/h3-7H,1-2H3. The van der Waals surface area contributed by atoms with Crippen LogP contribution in [0.1, 0.15) is 5.56 Å². The molecule has 0 fully saturated rings. The fraction of sp³-hybridized carbons (Fsp3) is 0.182. The average molecular weight is 189 g/mol. The Labute approximate surface area is 82.3 Å². The summed E-state index contributed by atoms with van der Waals surface area (Å²) < 4.78 is 10.2. The monoisotopic (exact) mass is 189 g/mol. The molecular formula is C11H11NO2. The predicted octanol–water partition coefficient (Wildman–Crippen LogP) is 2.66. The summed E-state index contributed by atoms with van der Waals surface area (Å²) in [6.07, 6.45) is 1.64. The van der Waals surface area contributed by atoms with E-state index in [0.717, 1.165) is 22.6 Å². The Kier molecular flexibility index (Phi) is 2.23. The topological polar surface area (TPSA) is 35.3 Å². The van der Waals surface area contributed by atoms with Crippen molar-refractivity contribution in [3.63, 3.8) is 0 Å². The molecule has 0 aliphatic carbocycles. The summed E-state index contributed by atoms with van der Waals surface area (Å²) in [5, 5.41) is 3.68. The van der Waals surface area contributed by atoms with Crippen LogP contribution in [0.3, 0.4) is 0 Å². The quantitative estimate of drug-likeness (QED) is 0.728. The smallest absolute Gasteiger partial charge is 0.167 e. The van der Waals surface area contributed by atoms with Crippen molar-refractivity contribution in [3.8, 4) is 17.1 Å². The Bertz CT molecular complexity index is 421. The number of nitrogens with zero attached hydrogens (tertiary/aromatic N) is 1. The normalized spacial score (nSPS) is 10.1. The molecule has 0 radical (unpaired) electrons. The zero-order chi connectivity index (χ0) is 9.97. The molecule has 3 heteroatoms. The highest BCUT2D eigenvalue weighted by molar-refractivity contribution is 5.62. The second-order valence-electron chi connectivity index (χ2n) is 3.06. The van der Waals surface area contributed by atoms with Gasteiger partial charge in [0.25, 0.3) is 0 Å². The molecule has 1 aromatic carbocycles. The van der Waals surface area contributed by atoms with Gasteiger partial charge in [-0.05, 0) is 30.7 Å². The van der Waals surface area contributed by atoms with Crippen LogP contribution >= 0.6 is 0 Å². The number of methoxy groups -OCH3 is 1. The SMILES string of the molecule is COc1ccc(-c2ccno2)c(C)c1. The summed E-state index contributed by atoms with van der Waals surface area (Å²) in [4.78, 5) is 0. The minimum atomic E-state index is 0.783. The van der Waals surface area contributed by atoms with Gasteiger partial charge in [0, 0.05) is 11.6 Å². The number of ether oxygens (including phenoxy) is 1. The van der Waals surface area contributed by atoms with Crippen LogP contribution in [-0.2, 0) is 0 Å². The molecule has 0 spiro atoms. The molecule has 0 amide bonds. The van der Waals surface area contributed by atoms with Gasteiger partial charge in [0.1, 0.15) is 5.75 Å². The lowest BCUT2D eigenvalue weighted by Gasteiger charge is -2.04. The Morgan fingerprint density at radius 2 is 2.14 bits per heavy atom. The molecule has 0 aliphatic rings. The molecule has 14 heavy (non-hydrogen) atoms. The molecule has 0 saturated carbocycles. The van der Waals surface area contributed by atoms with E-state index in [2.05, 4.69) is 5.16 Å². The first kappa shape index (κ1) is 8.81. The first-order valence-corrected chi connectivity index (χ1v) is 4.37. The average Bonchev–Trinajstić information content (AvgIpc) is 2.70. The Morgan fingerprint density at radius 1 is 1.29 bits per heavy atom. The van der Waals surface area contributed by atoms with Gasteiger partial charge in [0.2, 0.25) is 0 Å². The van der Waals surface area contributed by atoms with Crippen molar-refractivity contribution in [1.29, 1.82) is 0 Å². The second kappa shape index (κ2) is 3.54. The molecule has 72 valence electrons. The largest absolute Gasteiger partial charge is 0.497 e. The molecule has 0 bridgehead atoms. The van der Waals surface area contributed by atoms with E-state index in [1.807, 2.05) is 31.2 Å². The zero-order valence-corrected chi connectivity index (χ0v) is 8.15. The van der Waals surface area contributed by atoms with E-state index in [9.17, 15) is 0 Å². The minimum absolute atomic E-state index is 0.783. The van der Waals surface area contributed by atoms with E-state index >= 15 is 0 Å². The van der Waals surface area contributed by atoms with E-state index in [-0.39, 0.29) is 0 Å². The third-order valence-electron chi connectivity index (χ3n) is 2.14. The first-order valence-electron chi connectivity index (χ1n) is 4.37. The third kappa shape index (κ3) is 1.48. The molecule has 0 saturated heterocycles. The highest BCUT2D eigenvalue weighted by Gasteiger charge is 2.05. The molecular weight excluding hydrogens is 178 g/mol. The van der Waals surface area contributed by atoms with Gasteiger partial charge in [-0.15, -0.1) is 0 Å². The number of rotatable bonds is 2. The number of aromatic nitrogens is 1. The van der Waals surface area contributed by atoms with Crippen molar-refractivity contribution >= 4 is 0 Å². The number of benzene rings is 1. The van der Waals surface area contributed by atoms with Gasteiger partial charge in [-0.1, -0.05) is 5.16 Å². The Balaban J connectivity index is 2.46. The minimum Gasteiger partial charge on any atom is -0.497 e. The van der Waals surface area contributed by atoms with E-state index in [1.165, 1.54) is 0 Å². The maximum absolute atomic E-state index is 5.12. The van der Waals surface area contributed by atoms with Crippen LogP contribution in [0.2, 0.25) is 0 Å². The molecule has 2 rings (SSSR count). The summed E-state index contributed by atoms with van der Waals surface area (Å²) in [5.74, 6) is 1.64. The molecule has 1 heterocycles. The van der Waals surface area contributed by atoms with Gasteiger partial charge in [-0.25, -0.2) is 0 Å². The zero-order valence-electron chi connectivity index (χ0n) is 8.15. The Hall–Kier alpha value is -1.77. The lowest BCUT2D eigenvalue weighted by molar-refractivity contribution is 0.414. The number of aryl methyl sites for hydroxylation is 1. The van der Waals surface area contributed by atoms with Gasteiger partial charge >= 0.3 is 0 Å². The lowest BCUT2D eigenvalue weighted by atomic mass is 10.1. The van der Waals surface area contributed by atoms with E-state index < -0.39 is 0 Å². The highest BCUT2D eigenvalue weighted by Crippen LogP contribution is 2.26. The molecule has 0 unspecified atom stereocenters. The van der Waals surface area contributed by atoms with Crippen molar-refractivity contribution in [3.05, 3.63) is 36.0 Å². The summed E-state index contributed by atoms with van der Waals surface area (Å²) in [5.41, 5.74) is 2.16. The van der Waals surface area contributed by atoms with Crippen LogP contribution in [0.15, 0.2) is 35.0 Å². The van der Waals surface area contributed by atoms with E-state index in [4.69, 9.17) is 9.26 Å². The van der Waals surface area contributed by atoms with Gasteiger partial charge in [0.15, 0.2) is 5.76 Å². The van der Waals surface area contributed by atoms with Gasteiger partial charge < -0.3 is 9.26 Å².